The second-order valence-electron chi connectivity index (χ2n) is 8.09. The van der Waals surface area contributed by atoms with Crippen molar-refractivity contribution >= 4 is 11.8 Å². The van der Waals surface area contributed by atoms with Crippen molar-refractivity contribution in [3.63, 3.8) is 0 Å². The lowest BCUT2D eigenvalue weighted by Gasteiger charge is -2.35. The molecule has 2 aliphatic carbocycles. The third kappa shape index (κ3) is 2.86. The Labute approximate surface area is 147 Å². The third-order valence-electron chi connectivity index (χ3n) is 5.69. The Bertz CT molecular complexity index is 636. The molecule has 0 aromatic heterocycles. The molecule has 1 saturated carbocycles. The molecule has 0 bridgehead atoms. The second kappa shape index (κ2) is 6.34. The van der Waals surface area contributed by atoms with Crippen LogP contribution in [0.1, 0.15) is 34.1 Å². The molecule has 138 valence electrons. The standard InChI is InChI=1S/C19H26O6/c1-9(2)8-23-13-7-19(5,25-22)16-12(20)6-10(3)14(16)17-15(13)11(4)18(21)24-17/h6,9,13-17,22H,4,7-8H2,1-3,5H3/t13-,14+,15-,16-,17-,19-/m1/s1. The van der Waals surface area contributed by atoms with Crippen LogP contribution in [0, 0.1) is 23.7 Å². The number of ether oxygens (including phenoxy) is 2. The van der Waals surface area contributed by atoms with Gasteiger partial charge in [-0.1, -0.05) is 26.0 Å². The maximum atomic E-state index is 12.6. The number of rotatable bonds is 4. The number of allylic oxidation sites excluding steroid dienone is 1. The molecule has 0 unspecified atom stereocenters. The van der Waals surface area contributed by atoms with E-state index in [1.54, 1.807) is 13.0 Å². The van der Waals surface area contributed by atoms with E-state index < -0.39 is 29.7 Å². The average molecular weight is 350 g/mol. The number of carbonyl (C=O) groups is 2. The minimum atomic E-state index is -1.12. The Kier molecular flexibility index (Phi) is 4.64. The van der Waals surface area contributed by atoms with Crippen LogP contribution in [-0.2, 0) is 24.0 Å². The first kappa shape index (κ1) is 18.3. The molecule has 3 aliphatic rings. The summed E-state index contributed by atoms with van der Waals surface area (Å²) in [5, 5.41) is 9.64. The van der Waals surface area contributed by atoms with Crippen molar-refractivity contribution in [2.75, 3.05) is 6.61 Å². The summed E-state index contributed by atoms with van der Waals surface area (Å²) < 4.78 is 11.7. The van der Waals surface area contributed by atoms with Gasteiger partial charge in [-0.05, 0) is 25.8 Å². The Morgan fingerprint density at radius 2 is 2.08 bits per heavy atom. The highest BCUT2D eigenvalue weighted by molar-refractivity contribution is 5.97. The first-order valence-corrected chi connectivity index (χ1v) is 8.75. The van der Waals surface area contributed by atoms with Crippen molar-refractivity contribution in [3.05, 3.63) is 23.8 Å². The van der Waals surface area contributed by atoms with Crippen molar-refractivity contribution in [3.8, 4) is 0 Å². The van der Waals surface area contributed by atoms with E-state index >= 15 is 0 Å². The molecule has 2 fully saturated rings. The number of ketones is 1. The van der Waals surface area contributed by atoms with Crippen LogP contribution in [0.3, 0.4) is 0 Å². The fourth-order valence-corrected chi connectivity index (χ4v) is 4.55. The van der Waals surface area contributed by atoms with Gasteiger partial charge in [0.05, 0.1) is 17.9 Å². The number of hydrogen-bond acceptors (Lipinski definition) is 6. The number of carbonyl (C=O) groups excluding carboxylic acids is 2. The fourth-order valence-electron chi connectivity index (χ4n) is 4.55. The summed E-state index contributed by atoms with van der Waals surface area (Å²) in [4.78, 5) is 29.6. The molecule has 3 rings (SSSR count). The van der Waals surface area contributed by atoms with Crippen LogP contribution in [-0.4, -0.2) is 41.4 Å². The summed E-state index contributed by atoms with van der Waals surface area (Å²) in [5.41, 5.74) is 0.0847. The highest BCUT2D eigenvalue weighted by Crippen LogP contribution is 2.52. The van der Waals surface area contributed by atoms with E-state index in [1.807, 2.05) is 20.8 Å². The molecular formula is C19H26O6. The van der Waals surface area contributed by atoms with Gasteiger partial charge in [-0.2, -0.15) is 0 Å². The normalized spacial score (nSPS) is 40.6. The molecule has 0 aromatic rings. The molecule has 1 N–H and O–H groups in total. The molecule has 1 aliphatic heterocycles. The highest BCUT2D eigenvalue weighted by atomic mass is 17.1. The van der Waals surface area contributed by atoms with Crippen LogP contribution >= 0.6 is 0 Å². The molecule has 6 nitrogen and oxygen atoms in total. The zero-order chi connectivity index (χ0) is 18.5. The maximum Gasteiger partial charge on any atom is 0.334 e. The van der Waals surface area contributed by atoms with Gasteiger partial charge in [0.15, 0.2) is 5.78 Å². The Balaban J connectivity index is 2.05. The van der Waals surface area contributed by atoms with Gasteiger partial charge in [0.25, 0.3) is 0 Å². The topological polar surface area (TPSA) is 82.1 Å². The van der Waals surface area contributed by atoms with E-state index in [9.17, 15) is 14.8 Å². The van der Waals surface area contributed by atoms with Gasteiger partial charge in [0.2, 0.25) is 0 Å². The van der Waals surface area contributed by atoms with Crippen LogP contribution in [0.25, 0.3) is 0 Å². The summed E-state index contributed by atoms with van der Waals surface area (Å²) in [6.45, 7) is 12.0. The smallest absolute Gasteiger partial charge is 0.334 e. The zero-order valence-electron chi connectivity index (χ0n) is 15.2. The lowest BCUT2D eigenvalue weighted by Crippen LogP contribution is -2.45. The van der Waals surface area contributed by atoms with Gasteiger partial charge in [0.1, 0.15) is 11.7 Å². The van der Waals surface area contributed by atoms with Gasteiger partial charge >= 0.3 is 5.97 Å². The number of esters is 1. The molecule has 1 saturated heterocycles. The molecule has 0 radical (unpaired) electrons. The minimum Gasteiger partial charge on any atom is -0.458 e. The minimum absolute atomic E-state index is 0.115. The van der Waals surface area contributed by atoms with Crippen LogP contribution in [0.2, 0.25) is 0 Å². The first-order chi connectivity index (χ1) is 11.7. The summed E-state index contributed by atoms with van der Waals surface area (Å²) in [6.07, 6.45) is 0.895. The van der Waals surface area contributed by atoms with Gasteiger partial charge < -0.3 is 9.47 Å². The number of hydrogen-bond donors (Lipinski definition) is 1. The van der Waals surface area contributed by atoms with Crippen LogP contribution in [0.4, 0.5) is 0 Å². The lowest BCUT2D eigenvalue weighted by molar-refractivity contribution is -0.336. The molecule has 6 atom stereocenters. The monoisotopic (exact) mass is 350 g/mol. The van der Waals surface area contributed by atoms with Gasteiger partial charge in [-0.15, -0.1) is 0 Å². The van der Waals surface area contributed by atoms with E-state index in [-0.39, 0.29) is 24.0 Å². The third-order valence-corrected chi connectivity index (χ3v) is 5.69. The number of fused-ring (bicyclic) bond motifs is 3. The summed E-state index contributed by atoms with van der Waals surface area (Å²) in [5.74, 6) is -1.56. The molecule has 0 aromatic carbocycles. The Hall–Kier alpha value is -1.50. The summed E-state index contributed by atoms with van der Waals surface area (Å²) in [7, 11) is 0. The highest BCUT2D eigenvalue weighted by Gasteiger charge is 2.61. The van der Waals surface area contributed by atoms with Gasteiger partial charge in [0, 0.05) is 24.5 Å². The molecule has 6 heteroatoms. The predicted molar refractivity (Wildman–Crippen MR) is 89.6 cm³/mol. The van der Waals surface area contributed by atoms with E-state index in [4.69, 9.17) is 14.4 Å². The van der Waals surface area contributed by atoms with Gasteiger partial charge in [-0.3, -0.25) is 10.1 Å². The average Bonchev–Trinajstić information content (AvgIpc) is 2.95. The predicted octanol–water partition coefficient (Wildman–Crippen LogP) is 2.54. The summed E-state index contributed by atoms with van der Waals surface area (Å²) >= 11 is 0. The molecule has 1 heterocycles. The first-order valence-electron chi connectivity index (χ1n) is 8.75. The van der Waals surface area contributed by atoms with Crippen LogP contribution in [0.15, 0.2) is 23.8 Å². The lowest BCUT2D eigenvalue weighted by atomic mass is 9.76. The van der Waals surface area contributed by atoms with Crippen molar-refractivity contribution in [1.29, 1.82) is 0 Å². The Morgan fingerprint density at radius 1 is 1.40 bits per heavy atom. The zero-order valence-corrected chi connectivity index (χ0v) is 15.2. The van der Waals surface area contributed by atoms with Crippen molar-refractivity contribution in [2.45, 2.75) is 51.9 Å². The molecular weight excluding hydrogens is 324 g/mol. The van der Waals surface area contributed by atoms with Crippen LogP contribution in [0.5, 0.6) is 0 Å². The van der Waals surface area contributed by atoms with E-state index in [2.05, 4.69) is 6.58 Å². The summed E-state index contributed by atoms with van der Waals surface area (Å²) in [6, 6.07) is 0. The van der Waals surface area contributed by atoms with Crippen molar-refractivity contribution < 1.29 is 29.2 Å². The molecule has 25 heavy (non-hydrogen) atoms. The Morgan fingerprint density at radius 3 is 2.68 bits per heavy atom. The van der Waals surface area contributed by atoms with Crippen molar-refractivity contribution in [1.82, 2.24) is 0 Å². The fraction of sp³-hybridized carbons (Fsp3) is 0.684. The molecule has 0 amide bonds. The maximum absolute atomic E-state index is 12.6. The van der Waals surface area contributed by atoms with Gasteiger partial charge in [-0.25, -0.2) is 9.68 Å². The molecule has 0 spiro atoms. The SMILES string of the molecule is C=C1C(=O)O[C@@H]2[C@H]3C(C)=CC(=O)[C@H]3[C@](C)(OO)C[C@@H](OCC(C)C)[C@@H]12. The van der Waals surface area contributed by atoms with E-state index in [0.29, 0.717) is 18.1 Å². The second-order valence-corrected chi connectivity index (χ2v) is 8.09. The van der Waals surface area contributed by atoms with E-state index in [1.165, 1.54) is 0 Å². The largest absolute Gasteiger partial charge is 0.458 e. The quantitative estimate of drug-likeness (QED) is 0.363. The van der Waals surface area contributed by atoms with Crippen molar-refractivity contribution in [2.24, 2.45) is 23.7 Å². The van der Waals surface area contributed by atoms with Crippen LogP contribution < -0.4 is 0 Å². The van der Waals surface area contributed by atoms with E-state index in [0.717, 1.165) is 5.57 Å².